The van der Waals surface area contributed by atoms with Gasteiger partial charge in [0.15, 0.2) is 11.4 Å². The summed E-state index contributed by atoms with van der Waals surface area (Å²) in [6.45, 7) is 2.01. The Bertz CT molecular complexity index is 903. The molecule has 3 aromatic rings. The first kappa shape index (κ1) is 13.0. The molecule has 1 aromatic carbocycles. The summed E-state index contributed by atoms with van der Waals surface area (Å²) in [6.07, 6.45) is 4.85. The lowest BCUT2D eigenvalue weighted by Gasteiger charge is -2.24. The van der Waals surface area contributed by atoms with Crippen LogP contribution in [-0.4, -0.2) is 20.6 Å². The number of pyridine rings is 1. The number of aromatic nitrogens is 3. The zero-order valence-corrected chi connectivity index (χ0v) is 12.2. The van der Waals surface area contributed by atoms with Gasteiger partial charge in [-0.15, -0.1) is 0 Å². The van der Waals surface area contributed by atoms with Crippen LogP contribution in [0.5, 0.6) is 5.75 Å². The smallest absolute Gasteiger partial charge is 0.263 e. The third kappa shape index (κ3) is 1.89. The molecule has 0 bridgehead atoms. The zero-order valence-electron chi connectivity index (χ0n) is 12.2. The Morgan fingerprint density at radius 3 is 2.77 bits per heavy atom. The number of nitrogens with zero attached hydrogens (tertiary/aromatic N) is 3. The number of rotatable bonds is 1. The number of ether oxygens (including phenoxy) is 1. The van der Waals surface area contributed by atoms with Gasteiger partial charge in [-0.3, -0.25) is 9.36 Å². The van der Waals surface area contributed by atoms with Crippen molar-refractivity contribution in [3.05, 3.63) is 58.6 Å². The fraction of sp³-hybridized carbons (Fsp3) is 0.235. The summed E-state index contributed by atoms with van der Waals surface area (Å²) in [5.41, 5.74) is 2.59. The van der Waals surface area contributed by atoms with Crippen molar-refractivity contribution >= 4 is 11.2 Å². The summed E-state index contributed by atoms with van der Waals surface area (Å²) in [4.78, 5) is 21.7. The molecule has 2 aromatic heterocycles. The first-order valence-electron chi connectivity index (χ1n) is 7.36. The van der Waals surface area contributed by atoms with Gasteiger partial charge in [0.2, 0.25) is 0 Å². The third-order valence-corrected chi connectivity index (χ3v) is 3.98. The highest BCUT2D eigenvalue weighted by Gasteiger charge is 2.25. The van der Waals surface area contributed by atoms with Gasteiger partial charge in [0, 0.05) is 12.4 Å². The fourth-order valence-corrected chi connectivity index (χ4v) is 2.90. The van der Waals surface area contributed by atoms with Crippen LogP contribution in [0.25, 0.3) is 16.9 Å². The van der Waals surface area contributed by atoms with Gasteiger partial charge in [-0.1, -0.05) is 18.2 Å². The Morgan fingerprint density at radius 2 is 1.95 bits per heavy atom. The molecule has 0 N–H and O–H groups in total. The van der Waals surface area contributed by atoms with Crippen LogP contribution in [0.4, 0.5) is 0 Å². The highest BCUT2D eigenvalue weighted by Crippen LogP contribution is 2.31. The number of para-hydroxylation sites is 1. The Morgan fingerprint density at radius 1 is 1.18 bits per heavy atom. The SMILES string of the molecule is CC1CCc2c(c3nccnc3n(-c3ccccc3)c2=O)O1. The quantitative estimate of drug-likeness (QED) is 0.691. The molecular formula is C17H15N3O2. The van der Waals surface area contributed by atoms with Gasteiger partial charge < -0.3 is 4.74 Å². The topological polar surface area (TPSA) is 57.0 Å². The zero-order chi connectivity index (χ0) is 15.1. The maximum absolute atomic E-state index is 12.9. The van der Waals surface area contributed by atoms with Gasteiger partial charge in [-0.05, 0) is 31.9 Å². The van der Waals surface area contributed by atoms with E-state index >= 15 is 0 Å². The summed E-state index contributed by atoms with van der Waals surface area (Å²) in [5, 5.41) is 0. The van der Waals surface area contributed by atoms with E-state index in [9.17, 15) is 4.79 Å². The van der Waals surface area contributed by atoms with Crippen LogP contribution >= 0.6 is 0 Å². The molecule has 0 amide bonds. The van der Waals surface area contributed by atoms with Crippen LogP contribution in [0.2, 0.25) is 0 Å². The second kappa shape index (κ2) is 4.94. The average molecular weight is 293 g/mol. The first-order chi connectivity index (χ1) is 10.8. The highest BCUT2D eigenvalue weighted by molar-refractivity contribution is 5.81. The van der Waals surface area contributed by atoms with Crippen LogP contribution in [0.3, 0.4) is 0 Å². The molecule has 1 atom stereocenters. The predicted molar refractivity (Wildman–Crippen MR) is 83.5 cm³/mol. The maximum Gasteiger partial charge on any atom is 0.263 e. The number of benzene rings is 1. The van der Waals surface area contributed by atoms with Crippen molar-refractivity contribution in [2.75, 3.05) is 0 Å². The van der Waals surface area contributed by atoms with E-state index in [1.165, 1.54) is 0 Å². The standard InChI is InChI=1S/C17H15N3O2/c1-11-7-8-13-15(22-11)14-16(19-10-9-18-14)20(17(13)21)12-5-3-2-4-6-12/h2-6,9-11H,7-8H2,1H3. The van der Waals surface area contributed by atoms with E-state index in [1.807, 2.05) is 37.3 Å². The Kier molecular flexibility index (Phi) is 2.92. The Balaban J connectivity index is 2.13. The molecule has 0 saturated carbocycles. The van der Waals surface area contributed by atoms with E-state index in [4.69, 9.17) is 4.74 Å². The van der Waals surface area contributed by atoms with Crippen molar-refractivity contribution in [3.8, 4) is 11.4 Å². The van der Waals surface area contributed by atoms with Gasteiger partial charge in [-0.2, -0.15) is 0 Å². The molecule has 5 nitrogen and oxygen atoms in total. The summed E-state index contributed by atoms with van der Waals surface area (Å²) >= 11 is 0. The molecule has 3 heterocycles. The molecule has 0 fully saturated rings. The average Bonchev–Trinajstić information content (AvgIpc) is 2.56. The van der Waals surface area contributed by atoms with E-state index in [0.717, 1.165) is 12.1 Å². The molecule has 0 spiro atoms. The highest BCUT2D eigenvalue weighted by atomic mass is 16.5. The monoisotopic (exact) mass is 293 g/mol. The molecule has 22 heavy (non-hydrogen) atoms. The van der Waals surface area contributed by atoms with Crippen molar-refractivity contribution in [2.24, 2.45) is 0 Å². The van der Waals surface area contributed by atoms with Crippen molar-refractivity contribution in [1.29, 1.82) is 0 Å². The van der Waals surface area contributed by atoms with E-state index in [-0.39, 0.29) is 11.7 Å². The van der Waals surface area contributed by atoms with Crippen molar-refractivity contribution in [1.82, 2.24) is 14.5 Å². The molecule has 110 valence electrons. The Labute approximate surface area is 127 Å². The lowest BCUT2D eigenvalue weighted by molar-refractivity contribution is 0.194. The normalized spacial score (nSPS) is 17.0. The second-order valence-corrected chi connectivity index (χ2v) is 5.48. The third-order valence-electron chi connectivity index (χ3n) is 3.98. The molecular weight excluding hydrogens is 278 g/mol. The largest absolute Gasteiger partial charge is 0.488 e. The number of fused-ring (bicyclic) bond motifs is 3. The van der Waals surface area contributed by atoms with Crippen LogP contribution in [-0.2, 0) is 6.42 Å². The van der Waals surface area contributed by atoms with Gasteiger partial charge in [0.05, 0.1) is 17.4 Å². The summed E-state index contributed by atoms with van der Waals surface area (Å²) < 4.78 is 7.53. The minimum absolute atomic E-state index is 0.0684. The second-order valence-electron chi connectivity index (χ2n) is 5.48. The molecule has 0 aliphatic carbocycles. The minimum Gasteiger partial charge on any atom is -0.488 e. The lowest BCUT2D eigenvalue weighted by atomic mass is 10.0. The molecule has 1 aliphatic heterocycles. The first-order valence-corrected chi connectivity index (χ1v) is 7.36. The molecule has 1 aliphatic rings. The lowest BCUT2D eigenvalue weighted by Crippen LogP contribution is -2.30. The van der Waals surface area contributed by atoms with Crippen molar-refractivity contribution < 1.29 is 4.74 Å². The molecule has 5 heteroatoms. The van der Waals surface area contributed by atoms with Crippen LogP contribution in [0.1, 0.15) is 18.9 Å². The van der Waals surface area contributed by atoms with Gasteiger partial charge in [-0.25, -0.2) is 9.97 Å². The fourth-order valence-electron chi connectivity index (χ4n) is 2.90. The molecule has 0 radical (unpaired) electrons. The van der Waals surface area contributed by atoms with E-state index in [2.05, 4.69) is 9.97 Å². The summed E-state index contributed by atoms with van der Waals surface area (Å²) in [5.74, 6) is 0.596. The number of hydrogen-bond acceptors (Lipinski definition) is 4. The summed E-state index contributed by atoms with van der Waals surface area (Å²) in [6, 6.07) is 9.53. The van der Waals surface area contributed by atoms with Crippen LogP contribution in [0, 0.1) is 0 Å². The van der Waals surface area contributed by atoms with Gasteiger partial charge >= 0.3 is 0 Å². The Hall–Kier alpha value is -2.69. The van der Waals surface area contributed by atoms with Crippen molar-refractivity contribution in [2.45, 2.75) is 25.9 Å². The predicted octanol–water partition coefficient (Wildman–Crippen LogP) is 2.49. The molecule has 4 rings (SSSR count). The van der Waals surface area contributed by atoms with Gasteiger partial charge in [0.1, 0.15) is 5.52 Å². The van der Waals surface area contributed by atoms with E-state index < -0.39 is 0 Å². The minimum atomic E-state index is -0.0684. The number of hydrogen-bond donors (Lipinski definition) is 0. The van der Waals surface area contributed by atoms with E-state index in [1.54, 1.807) is 17.0 Å². The maximum atomic E-state index is 12.9. The van der Waals surface area contributed by atoms with E-state index in [0.29, 0.717) is 28.9 Å². The van der Waals surface area contributed by atoms with Crippen LogP contribution in [0.15, 0.2) is 47.5 Å². The van der Waals surface area contributed by atoms with Gasteiger partial charge in [0.25, 0.3) is 5.56 Å². The van der Waals surface area contributed by atoms with Crippen LogP contribution < -0.4 is 10.3 Å². The molecule has 1 unspecified atom stereocenters. The summed E-state index contributed by atoms with van der Waals surface area (Å²) in [7, 11) is 0. The molecule has 0 saturated heterocycles. The van der Waals surface area contributed by atoms with Crippen molar-refractivity contribution in [3.63, 3.8) is 0 Å².